The summed E-state index contributed by atoms with van der Waals surface area (Å²) in [4.78, 5) is 25.1. The Kier molecular flexibility index (Phi) is 7.73. The number of esters is 1. The zero-order valence-electron chi connectivity index (χ0n) is 19.0. The molecule has 0 heterocycles. The fourth-order valence-corrected chi connectivity index (χ4v) is 3.89. The van der Waals surface area contributed by atoms with E-state index in [1.165, 1.54) is 24.4 Å². The van der Waals surface area contributed by atoms with Crippen LogP contribution < -0.4 is 14.9 Å². The van der Waals surface area contributed by atoms with Gasteiger partial charge in [-0.1, -0.05) is 47.5 Å². The van der Waals surface area contributed by atoms with E-state index < -0.39 is 11.9 Å². The lowest BCUT2D eigenvalue weighted by Gasteiger charge is -2.12. The molecule has 0 aromatic heterocycles. The van der Waals surface area contributed by atoms with Gasteiger partial charge in [-0.05, 0) is 71.8 Å². The van der Waals surface area contributed by atoms with Crippen molar-refractivity contribution in [3.8, 4) is 17.2 Å². The number of nitrogens with one attached hydrogen (secondary N) is 1. The molecule has 7 nitrogen and oxygen atoms in total. The van der Waals surface area contributed by atoms with Gasteiger partial charge in [-0.15, -0.1) is 0 Å². The fraction of sp³-hybridized carbons (Fsp3) is 0.0741. The van der Waals surface area contributed by atoms with Gasteiger partial charge in [0.1, 0.15) is 5.75 Å². The minimum absolute atomic E-state index is 0.101. The summed E-state index contributed by atoms with van der Waals surface area (Å²) in [5, 5.41) is 16.4. The second-order valence-electron chi connectivity index (χ2n) is 7.57. The Balaban J connectivity index is 1.48. The largest absolute Gasteiger partial charge is 0.507 e. The summed E-state index contributed by atoms with van der Waals surface area (Å²) in [7, 11) is 0. The Morgan fingerprint density at radius 1 is 0.944 bits per heavy atom. The van der Waals surface area contributed by atoms with Crippen molar-refractivity contribution in [2.45, 2.75) is 6.92 Å². The number of hydrazone groups is 1. The van der Waals surface area contributed by atoms with Crippen LogP contribution in [0.25, 0.3) is 10.8 Å². The van der Waals surface area contributed by atoms with E-state index in [2.05, 4.69) is 10.5 Å². The second kappa shape index (κ2) is 11.1. The summed E-state index contributed by atoms with van der Waals surface area (Å²) in [6, 6.07) is 19.8. The minimum atomic E-state index is -0.665. The number of ether oxygens (including phenoxy) is 2. The molecule has 0 spiro atoms. The monoisotopic (exact) mass is 522 g/mol. The average Bonchev–Trinajstić information content (AvgIpc) is 2.85. The molecule has 182 valence electrons. The van der Waals surface area contributed by atoms with E-state index in [0.717, 1.165) is 10.8 Å². The van der Waals surface area contributed by atoms with Gasteiger partial charge in [0.25, 0.3) is 5.91 Å². The molecule has 4 aromatic carbocycles. The average molecular weight is 523 g/mol. The van der Waals surface area contributed by atoms with Crippen LogP contribution in [0, 0.1) is 0 Å². The van der Waals surface area contributed by atoms with E-state index in [1.54, 1.807) is 37.3 Å². The highest BCUT2D eigenvalue weighted by molar-refractivity contribution is 6.36. The number of phenols is 1. The van der Waals surface area contributed by atoms with Crippen LogP contribution in [0.2, 0.25) is 10.0 Å². The maximum atomic E-state index is 12.6. The standard InChI is InChI=1S/C27H20Cl2N2O5/c1-2-35-25-11-16(7-10-24(25)36-27(34)20-9-8-19(28)14-22(20)29)15-30-31-26(33)21-12-17-5-3-4-6-18(17)13-23(21)32/h3-15,32H,2H2,1H3,(H,31,33)/b30-15-. The van der Waals surface area contributed by atoms with E-state index in [9.17, 15) is 14.7 Å². The van der Waals surface area contributed by atoms with Gasteiger partial charge in [-0.25, -0.2) is 10.2 Å². The highest BCUT2D eigenvalue weighted by Gasteiger charge is 2.17. The third-order valence-corrected chi connectivity index (χ3v) is 5.66. The van der Waals surface area contributed by atoms with Crippen LogP contribution in [-0.2, 0) is 0 Å². The predicted octanol–water partition coefficient (Wildman–Crippen LogP) is 6.23. The number of carbonyl (C=O) groups excluding carboxylic acids is 2. The molecule has 9 heteroatoms. The van der Waals surface area contributed by atoms with Crippen LogP contribution >= 0.6 is 23.2 Å². The van der Waals surface area contributed by atoms with Crippen LogP contribution in [0.15, 0.2) is 77.9 Å². The lowest BCUT2D eigenvalue weighted by atomic mass is 10.1. The molecule has 0 unspecified atom stereocenters. The molecule has 0 saturated carbocycles. The smallest absolute Gasteiger partial charge is 0.345 e. The van der Waals surface area contributed by atoms with Gasteiger partial charge in [-0.2, -0.15) is 5.10 Å². The summed E-state index contributed by atoms with van der Waals surface area (Å²) in [5.41, 5.74) is 3.24. The van der Waals surface area contributed by atoms with Crippen LogP contribution in [0.1, 0.15) is 33.2 Å². The molecule has 0 aliphatic heterocycles. The van der Waals surface area contributed by atoms with Crippen LogP contribution in [-0.4, -0.2) is 29.8 Å². The normalized spacial score (nSPS) is 11.0. The van der Waals surface area contributed by atoms with Crippen LogP contribution in [0.4, 0.5) is 0 Å². The molecule has 4 rings (SSSR count). The maximum absolute atomic E-state index is 12.6. The molecule has 0 aliphatic rings. The first-order valence-electron chi connectivity index (χ1n) is 10.8. The molecule has 0 bridgehead atoms. The number of amides is 1. The van der Waals surface area contributed by atoms with Gasteiger partial charge in [-0.3, -0.25) is 4.79 Å². The summed E-state index contributed by atoms with van der Waals surface area (Å²) in [6.45, 7) is 2.11. The van der Waals surface area contributed by atoms with Crippen molar-refractivity contribution in [1.82, 2.24) is 5.43 Å². The lowest BCUT2D eigenvalue weighted by Crippen LogP contribution is -2.17. The van der Waals surface area contributed by atoms with Crippen molar-refractivity contribution in [3.63, 3.8) is 0 Å². The van der Waals surface area contributed by atoms with Gasteiger partial charge in [0, 0.05) is 5.02 Å². The molecule has 4 aromatic rings. The molecule has 36 heavy (non-hydrogen) atoms. The first-order chi connectivity index (χ1) is 17.4. The number of hydrogen-bond acceptors (Lipinski definition) is 6. The number of phenolic OH excluding ortho intramolecular Hbond substituents is 1. The van der Waals surface area contributed by atoms with Crippen molar-refractivity contribution < 1.29 is 24.2 Å². The van der Waals surface area contributed by atoms with Gasteiger partial charge in [0.05, 0.1) is 29.0 Å². The van der Waals surface area contributed by atoms with E-state index in [4.69, 9.17) is 32.7 Å². The topological polar surface area (TPSA) is 97.2 Å². The van der Waals surface area contributed by atoms with E-state index in [1.807, 2.05) is 24.3 Å². The van der Waals surface area contributed by atoms with Crippen LogP contribution in [0.5, 0.6) is 17.2 Å². The Hall–Kier alpha value is -4.07. The van der Waals surface area contributed by atoms with Crippen molar-refractivity contribution in [2.75, 3.05) is 6.61 Å². The predicted molar refractivity (Wildman–Crippen MR) is 140 cm³/mol. The summed E-state index contributed by atoms with van der Waals surface area (Å²) < 4.78 is 11.1. The van der Waals surface area contributed by atoms with E-state index >= 15 is 0 Å². The molecule has 1 amide bonds. The van der Waals surface area contributed by atoms with Crippen LogP contribution in [0.3, 0.4) is 0 Å². The Labute approximate surface area is 216 Å². The van der Waals surface area contributed by atoms with Crippen molar-refractivity contribution in [2.24, 2.45) is 5.10 Å². The van der Waals surface area contributed by atoms with Crippen molar-refractivity contribution in [3.05, 3.63) is 99.5 Å². The highest BCUT2D eigenvalue weighted by Crippen LogP contribution is 2.30. The quantitative estimate of drug-likeness (QED) is 0.130. The SMILES string of the molecule is CCOc1cc(/C=N\NC(=O)c2cc3ccccc3cc2O)ccc1OC(=O)c1ccc(Cl)cc1Cl. The van der Waals surface area contributed by atoms with Gasteiger partial charge in [0.15, 0.2) is 11.5 Å². The third kappa shape index (κ3) is 5.76. The Morgan fingerprint density at radius 3 is 2.42 bits per heavy atom. The van der Waals surface area contributed by atoms with Gasteiger partial charge >= 0.3 is 5.97 Å². The number of halogens is 2. The molecule has 0 fully saturated rings. The number of hydrogen-bond donors (Lipinski definition) is 2. The third-order valence-electron chi connectivity index (χ3n) is 5.11. The molecule has 0 saturated heterocycles. The van der Waals surface area contributed by atoms with Crippen molar-refractivity contribution in [1.29, 1.82) is 0 Å². The number of rotatable bonds is 7. The summed E-state index contributed by atoms with van der Waals surface area (Å²) >= 11 is 12.0. The van der Waals surface area contributed by atoms with E-state index in [-0.39, 0.29) is 27.6 Å². The van der Waals surface area contributed by atoms with Gasteiger partial charge in [0.2, 0.25) is 0 Å². The summed E-state index contributed by atoms with van der Waals surface area (Å²) in [5.74, 6) is -0.882. The molecule has 0 aliphatic carbocycles. The zero-order valence-corrected chi connectivity index (χ0v) is 20.5. The second-order valence-corrected chi connectivity index (χ2v) is 8.41. The molecule has 2 N–H and O–H groups in total. The minimum Gasteiger partial charge on any atom is -0.507 e. The van der Waals surface area contributed by atoms with E-state index in [0.29, 0.717) is 22.9 Å². The Bertz CT molecular complexity index is 1490. The molecular formula is C27H20Cl2N2O5. The fourth-order valence-electron chi connectivity index (χ4n) is 3.40. The summed E-state index contributed by atoms with van der Waals surface area (Å²) in [6.07, 6.45) is 1.40. The highest BCUT2D eigenvalue weighted by atomic mass is 35.5. The number of benzene rings is 4. The number of carbonyl (C=O) groups is 2. The first-order valence-corrected chi connectivity index (χ1v) is 11.6. The maximum Gasteiger partial charge on any atom is 0.345 e. The molecule has 0 atom stereocenters. The van der Waals surface area contributed by atoms with Gasteiger partial charge < -0.3 is 14.6 Å². The van der Waals surface area contributed by atoms with Crippen molar-refractivity contribution >= 4 is 52.1 Å². The molecular weight excluding hydrogens is 503 g/mol. The number of fused-ring (bicyclic) bond motifs is 1. The molecule has 0 radical (unpaired) electrons. The lowest BCUT2D eigenvalue weighted by molar-refractivity contribution is 0.0728. The first kappa shape index (κ1) is 25.0. The Morgan fingerprint density at radius 2 is 1.69 bits per heavy atom. The number of nitrogens with zero attached hydrogens (tertiary/aromatic N) is 1. The number of aromatic hydroxyl groups is 1. The zero-order chi connectivity index (χ0) is 25.7.